The predicted octanol–water partition coefficient (Wildman–Crippen LogP) is 0.0473. The van der Waals surface area contributed by atoms with E-state index in [9.17, 15) is 9.59 Å². The zero-order valence-corrected chi connectivity index (χ0v) is 16.5. The number of ether oxygens (including phenoxy) is 1. The molecule has 0 aromatic heterocycles. The van der Waals surface area contributed by atoms with Crippen LogP contribution in [-0.2, 0) is 14.3 Å². The monoisotopic (exact) mass is 367 g/mol. The Hall–Kier alpha value is -1.83. The van der Waals surface area contributed by atoms with Gasteiger partial charge in [-0.05, 0) is 33.6 Å². The molecule has 8 heteroatoms. The van der Waals surface area contributed by atoms with Crippen LogP contribution >= 0.6 is 0 Å². The van der Waals surface area contributed by atoms with Gasteiger partial charge < -0.3 is 25.2 Å². The van der Waals surface area contributed by atoms with Crippen LogP contribution in [0.3, 0.4) is 0 Å². The number of nitrogens with zero attached hydrogens (tertiary/aromatic N) is 3. The number of hydrogen-bond donors (Lipinski definition) is 2. The van der Waals surface area contributed by atoms with E-state index in [1.165, 1.54) is 0 Å². The van der Waals surface area contributed by atoms with Gasteiger partial charge in [-0.3, -0.25) is 14.6 Å². The first-order valence-electron chi connectivity index (χ1n) is 9.53. The topological polar surface area (TPSA) is 86.3 Å². The third kappa shape index (κ3) is 5.09. The van der Waals surface area contributed by atoms with E-state index in [1.807, 2.05) is 25.7 Å². The summed E-state index contributed by atoms with van der Waals surface area (Å²) in [5, 5.41) is 6.17. The second-order valence-electron chi connectivity index (χ2n) is 7.46. The fourth-order valence-electron chi connectivity index (χ4n) is 3.23. The van der Waals surface area contributed by atoms with Gasteiger partial charge in [0, 0.05) is 52.9 Å². The normalized spacial score (nSPS) is 21.7. The van der Waals surface area contributed by atoms with Gasteiger partial charge in [0.25, 0.3) is 5.91 Å². The van der Waals surface area contributed by atoms with Crippen molar-refractivity contribution >= 4 is 17.8 Å². The second kappa shape index (κ2) is 9.21. The van der Waals surface area contributed by atoms with Crippen LogP contribution in [0.4, 0.5) is 0 Å². The Balaban J connectivity index is 1.82. The summed E-state index contributed by atoms with van der Waals surface area (Å²) in [6.07, 6.45) is 1.54. The first-order chi connectivity index (χ1) is 12.4. The zero-order valence-electron chi connectivity index (χ0n) is 16.5. The molecular formula is C18H33N5O3. The molecule has 2 saturated heterocycles. The number of carbonyl (C=O) groups is 2. The summed E-state index contributed by atoms with van der Waals surface area (Å²) in [4.78, 5) is 32.9. The molecule has 2 aliphatic heterocycles. The molecule has 148 valence electrons. The molecule has 2 aliphatic rings. The van der Waals surface area contributed by atoms with Crippen LogP contribution in [0.5, 0.6) is 0 Å². The van der Waals surface area contributed by atoms with Gasteiger partial charge in [0.05, 0.1) is 5.41 Å². The standard InChI is InChI=1S/C18H33N5O3/c1-5-20-16(25)18(2,3)13-21-17(19-4)23-10-8-22(9-11-23)15(24)14-7-6-12-26-14/h14H,5-13H2,1-4H3,(H,19,21)(H,20,25). The SMILES string of the molecule is CCNC(=O)C(C)(C)CNC(=NC)N1CCN(C(=O)C2CCCO2)CC1. The average molecular weight is 367 g/mol. The van der Waals surface area contributed by atoms with E-state index in [2.05, 4.69) is 20.5 Å². The van der Waals surface area contributed by atoms with Crippen LogP contribution < -0.4 is 10.6 Å². The first-order valence-corrected chi connectivity index (χ1v) is 9.53. The van der Waals surface area contributed by atoms with Gasteiger partial charge in [-0.25, -0.2) is 0 Å². The Morgan fingerprint density at radius 1 is 1.15 bits per heavy atom. The van der Waals surface area contributed by atoms with Gasteiger partial charge in [0.1, 0.15) is 6.10 Å². The molecule has 0 aromatic carbocycles. The molecule has 2 heterocycles. The fraction of sp³-hybridized carbons (Fsp3) is 0.833. The Morgan fingerprint density at radius 3 is 2.35 bits per heavy atom. The summed E-state index contributed by atoms with van der Waals surface area (Å²) in [5.41, 5.74) is -0.524. The van der Waals surface area contributed by atoms with Gasteiger partial charge in [-0.1, -0.05) is 0 Å². The smallest absolute Gasteiger partial charge is 0.251 e. The quantitative estimate of drug-likeness (QED) is 0.530. The molecule has 26 heavy (non-hydrogen) atoms. The van der Waals surface area contributed by atoms with Gasteiger partial charge in [0.2, 0.25) is 5.91 Å². The van der Waals surface area contributed by atoms with Crippen LogP contribution in [-0.4, -0.2) is 86.6 Å². The van der Waals surface area contributed by atoms with Crippen LogP contribution in [0.25, 0.3) is 0 Å². The minimum Gasteiger partial charge on any atom is -0.368 e. The second-order valence-corrected chi connectivity index (χ2v) is 7.46. The Kier molecular flexibility index (Phi) is 7.25. The van der Waals surface area contributed by atoms with E-state index in [0.717, 1.165) is 31.9 Å². The van der Waals surface area contributed by atoms with Crippen LogP contribution in [0.2, 0.25) is 0 Å². The Morgan fingerprint density at radius 2 is 1.81 bits per heavy atom. The third-order valence-electron chi connectivity index (χ3n) is 4.95. The molecule has 2 rings (SSSR count). The molecule has 1 unspecified atom stereocenters. The van der Waals surface area contributed by atoms with Crippen molar-refractivity contribution in [1.82, 2.24) is 20.4 Å². The highest BCUT2D eigenvalue weighted by Crippen LogP contribution is 2.17. The molecule has 0 spiro atoms. The molecule has 0 radical (unpaired) electrons. The van der Waals surface area contributed by atoms with Gasteiger partial charge in [-0.15, -0.1) is 0 Å². The number of aliphatic imine (C=N–C) groups is 1. The predicted molar refractivity (Wildman–Crippen MR) is 101 cm³/mol. The largest absolute Gasteiger partial charge is 0.368 e. The summed E-state index contributed by atoms with van der Waals surface area (Å²) in [6.45, 7) is 10.3. The van der Waals surface area contributed by atoms with Crippen molar-refractivity contribution in [3.05, 3.63) is 0 Å². The van der Waals surface area contributed by atoms with Crippen LogP contribution in [0, 0.1) is 5.41 Å². The summed E-state index contributed by atoms with van der Waals surface area (Å²) in [6, 6.07) is 0. The molecule has 0 bridgehead atoms. The van der Waals surface area contributed by atoms with Crippen LogP contribution in [0.1, 0.15) is 33.6 Å². The number of hydrogen-bond acceptors (Lipinski definition) is 4. The number of nitrogens with one attached hydrogen (secondary N) is 2. The summed E-state index contributed by atoms with van der Waals surface area (Å²) >= 11 is 0. The average Bonchev–Trinajstić information content (AvgIpc) is 3.17. The number of carbonyl (C=O) groups excluding carboxylic acids is 2. The summed E-state index contributed by atoms with van der Waals surface area (Å²) in [7, 11) is 1.74. The number of guanidine groups is 1. The maximum Gasteiger partial charge on any atom is 0.251 e. The molecule has 2 amide bonds. The van der Waals surface area contributed by atoms with Crippen LogP contribution in [0.15, 0.2) is 4.99 Å². The van der Waals surface area contributed by atoms with E-state index in [-0.39, 0.29) is 17.9 Å². The minimum absolute atomic E-state index is 0.0231. The maximum absolute atomic E-state index is 12.4. The first kappa shape index (κ1) is 20.5. The van der Waals surface area contributed by atoms with Crippen molar-refractivity contribution in [3.8, 4) is 0 Å². The van der Waals surface area contributed by atoms with E-state index < -0.39 is 5.41 Å². The molecule has 2 N–H and O–H groups in total. The van der Waals surface area contributed by atoms with Crippen molar-refractivity contribution in [1.29, 1.82) is 0 Å². The minimum atomic E-state index is -0.524. The highest BCUT2D eigenvalue weighted by atomic mass is 16.5. The molecule has 1 atom stereocenters. The molecule has 0 aromatic rings. The van der Waals surface area contributed by atoms with Crippen molar-refractivity contribution in [2.45, 2.75) is 39.7 Å². The third-order valence-corrected chi connectivity index (χ3v) is 4.95. The molecule has 0 saturated carbocycles. The number of amides is 2. The maximum atomic E-state index is 12.4. The van der Waals surface area contributed by atoms with Gasteiger partial charge in [0.15, 0.2) is 5.96 Å². The van der Waals surface area contributed by atoms with E-state index in [0.29, 0.717) is 32.8 Å². The van der Waals surface area contributed by atoms with Crippen molar-refractivity contribution in [3.63, 3.8) is 0 Å². The van der Waals surface area contributed by atoms with Crippen molar-refractivity contribution in [2.75, 3.05) is 52.9 Å². The molecular weight excluding hydrogens is 334 g/mol. The van der Waals surface area contributed by atoms with Crippen molar-refractivity contribution in [2.24, 2.45) is 10.4 Å². The lowest BCUT2D eigenvalue weighted by Gasteiger charge is -2.38. The van der Waals surface area contributed by atoms with E-state index in [4.69, 9.17) is 4.74 Å². The van der Waals surface area contributed by atoms with Crippen molar-refractivity contribution < 1.29 is 14.3 Å². The molecule has 2 fully saturated rings. The number of piperazine rings is 1. The fourth-order valence-corrected chi connectivity index (χ4v) is 3.23. The van der Waals surface area contributed by atoms with E-state index in [1.54, 1.807) is 7.05 Å². The highest BCUT2D eigenvalue weighted by molar-refractivity contribution is 5.85. The lowest BCUT2D eigenvalue weighted by atomic mass is 9.92. The molecule has 0 aliphatic carbocycles. The van der Waals surface area contributed by atoms with Gasteiger partial charge in [-0.2, -0.15) is 0 Å². The number of rotatable bonds is 5. The highest BCUT2D eigenvalue weighted by Gasteiger charge is 2.32. The molecule has 8 nitrogen and oxygen atoms in total. The zero-order chi connectivity index (χ0) is 19.2. The Bertz CT molecular complexity index is 521. The Labute approximate surface area is 156 Å². The van der Waals surface area contributed by atoms with E-state index >= 15 is 0 Å². The lowest BCUT2D eigenvalue weighted by Crippen LogP contribution is -2.56. The summed E-state index contributed by atoms with van der Waals surface area (Å²) in [5.74, 6) is 0.906. The van der Waals surface area contributed by atoms with Gasteiger partial charge >= 0.3 is 0 Å². The summed E-state index contributed by atoms with van der Waals surface area (Å²) < 4.78 is 5.50. The lowest BCUT2D eigenvalue weighted by molar-refractivity contribution is -0.142.